The fraction of sp³-hybridized carbons (Fsp3) is 0.182. The molecule has 0 bridgehead atoms. The molecule has 0 saturated carbocycles. The number of hydrogen-bond acceptors (Lipinski definition) is 5. The van der Waals surface area contributed by atoms with Gasteiger partial charge in [-0.2, -0.15) is 0 Å². The van der Waals surface area contributed by atoms with Gasteiger partial charge >= 0.3 is 0 Å². The highest BCUT2D eigenvalue weighted by Gasteiger charge is 2.25. The summed E-state index contributed by atoms with van der Waals surface area (Å²) < 4.78 is 15.6. The van der Waals surface area contributed by atoms with E-state index >= 15 is 4.39 Å². The van der Waals surface area contributed by atoms with Crippen molar-refractivity contribution in [2.75, 3.05) is 31.1 Å². The molecule has 0 radical (unpaired) electrons. The van der Waals surface area contributed by atoms with Crippen molar-refractivity contribution in [1.82, 2.24) is 14.9 Å². The van der Waals surface area contributed by atoms with E-state index in [1.165, 1.54) is 18.5 Å². The number of amides is 2. The third-order valence-electron chi connectivity index (χ3n) is 5.33. The smallest absolute Gasteiger partial charge is 0.249 e. The van der Waals surface area contributed by atoms with Crippen LogP contribution in [0.4, 0.5) is 10.2 Å². The minimum atomic E-state index is -0.679. The van der Waals surface area contributed by atoms with Crippen molar-refractivity contribution in [3.63, 3.8) is 0 Å². The van der Waals surface area contributed by atoms with Crippen molar-refractivity contribution < 1.29 is 14.0 Å². The normalized spacial score (nSPS) is 14.0. The van der Waals surface area contributed by atoms with E-state index in [0.717, 1.165) is 0 Å². The molecule has 2 N–H and O–H groups in total. The molecule has 2 aromatic carbocycles. The molecule has 0 spiro atoms. The summed E-state index contributed by atoms with van der Waals surface area (Å²) >= 11 is 6.48. The number of anilines is 1. The summed E-state index contributed by atoms with van der Waals surface area (Å²) in [5.74, 6) is -0.924. The maximum atomic E-state index is 15.6. The number of hydrogen-bond donors (Lipinski definition) is 1. The van der Waals surface area contributed by atoms with Gasteiger partial charge < -0.3 is 15.5 Å². The first-order chi connectivity index (χ1) is 14.9. The molecule has 2 heterocycles. The van der Waals surface area contributed by atoms with Crippen molar-refractivity contribution in [1.29, 1.82) is 0 Å². The average Bonchev–Trinajstić information content (AvgIpc) is 2.78. The van der Waals surface area contributed by atoms with Crippen LogP contribution in [0.5, 0.6) is 0 Å². The lowest BCUT2D eigenvalue weighted by Gasteiger charge is -2.35. The van der Waals surface area contributed by atoms with E-state index in [0.29, 0.717) is 42.9 Å². The number of aromatic nitrogens is 2. The largest absolute Gasteiger partial charge is 0.366 e. The minimum absolute atomic E-state index is 0.0645. The molecule has 2 amide bonds. The fourth-order valence-corrected chi connectivity index (χ4v) is 4.09. The van der Waals surface area contributed by atoms with Crippen molar-refractivity contribution in [3.05, 3.63) is 65.7 Å². The van der Waals surface area contributed by atoms with E-state index in [1.54, 1.807) is 29.2 Å². The van der Waals surface area contributed by atoms with Gasteiger partial charge in [-0.25, -0.2) is 14.4 Å². The van der Waals surface area contributed by atoms with E-state index < -0.39 is 11.7 Å². The first-order valence-corrected chi connectivity index (χ1v) is 9.98. The van der Waals surface area contributed by atoms with Gasteiger partial charge in [0.2, 0.25) is 11.8 Å². The Hall–Kier alpha value is -3.52. The average molecular weight is 440 g/mol. The highest BCUT2D eigenvalue weighted by molar-refractivity contribution is 6.34. The summed E-state index contributed by atoms with van der Waals surface area (Å²) in [6.45, 7) is 5.56. The van der Waals surface area contributed by atoms with Crippen LogP contribution in [0.1, 0.15) is 10.4 Å². The Balaban J connectivity index is 1.79. The number of primary amides is 1. The highest BCUT2D eigenvalue weighted by Crippen LogP contribution is 2.38. The predicted octanol–water partition coefficient (Wildman–Crippen LogP) is 3.02. The van der Waals surface area contributed by atoms with Gasteiger partial charge in [0.25, 0.3) is 0 Å². The Morgan fingerprint density at radius 3 is 2.55 bits per heavy atom. The van der Waals surface area contributed by atoms with E-state index in [9.17, 15) is 9.59 Å². The van der Waals surface area contributed by atoms with Crippen molar-refractivity contribution >= 4 is 40.1 Å². The van der Waals surface area contributed by atoms with Crippen molar-refractivity contribution in [2.45, 2.75) is 0 Å². The molecule has 158 valence electrons. The monoisotopic (exact) mass is 439 g/mol. The lowest BCUT2D eigenvalue weighted by atomic mass is 9.97. The molecule has 4 rings (SSSR count). The first kappa shape index (κ1) is 20.7. The zero-order chi connectivity index (χ0) is 22.1. The van der Waals surface area contributed by atoms with Crippen LogP contribution in [0.3, 0.4) is 0 Å². The lowest BCUT2D eigenvalue weighted by molar-refractivity contribution is -0.126. The van der Waals surface area contributed by atoms with Crippen LogP contribution in [-0.2, 0) is 4.79 Å². The van der Waals surface area contributed by atoms with Crippen LogP contribution in [0, 0.1) is 5.82 Å². The Kier molecular flexibility index (Phi) is 5.56. The first-order valence-electron chi connectivity index (χ1n) is 9.60. The Morgan fingerprint density at radius 2 is 1.87 bits per heavy atom. The zero-order valence-corrected chi connectivity index (χ0v) is 17.3. The van der Waals surface area contributed by atoms with Crippen molar-refractivity contribution in [2.24, 2.45) is 5.73 Å². The van der Waals surface area contributed by atoms with Gasteiger partial charge in [-0.1, -0.05) is 36.4 Å². The van der Waals surface area contributed by atoms with Crippen LogP contribution in [0.25, 0.3) is 22.0 Å². The molecule has 1 aliphatic heterocycles. The molecule has 0 aliphatic carbocycles. The number of carbonyl (C=O) groups is 2. The quantitative estimate of drug-likeness (QED) is 0.631. The number of benzene rings is 2. The van der Waals surface area contributed by atoms with E-state index in [-0.39, 0.29) is 27.6 Å². The molecule has 1 fully saturated rings. The number of nitrogens with zero attached hydrogens (tertiary/aromatic N) is 4. The van der Waals surface area contributed by atoms with Crippen LogP contribution in [-0.4, -0.2) is 52.9 Å². The number of piperazine rings is 1. The highest BCUT2D eigenvalue weighted by atomic mass is 35.5. The molecule has 31 heavy (non-hydrogen) atoms. The van der Waals surface area contributed by atoms with E-state index in [4.69, 9.17) is 17.3 Å². The summed E-state index contributed by atoms with van der Waals surface area (Å²) in [6.07, 6.45) is 2.58. The molecule has 7 nitrogen and oxygen atoms in total. The Labute approximate surface area is 182 Å². The number of fused-ring (bicyclic) bond motifs is 1. The molecule has 9 heteroatoms. The molecule has 0 unspecified atom stereocenters. The van der Waals surface area contributed by atoms with E-state index in [2.05, 4.69) is 16.5 Å². The maximum Gasteiger partial charge on any atom is 0.249 e. The topological polar surface area (TPSA) is 92.4 Å². The summed E-state index contributed by atoms with van der Waals surface area (Å²) in [7, 11) is 0. The molecule has 0 atom stereocenters. The minimum Gasteiger partial charge on any atom is -0.366 e. The Bertz CT molecular complexity index is 1210. The molecule has 1 aromatic heterocycles. The van der Waals surface area contributed by atoms with Gasteiger partial charge in [0.1, 0.15) is 17.7 Å². The predicted molar refractivity (Wildman–Crippen MR) is 117 cm³/mol. The van der Waals surface area contributed by atoms with Gasteiger partial charge in [0.05, 0.1) is 5.02 Å². The SMILES string of the molecule is C=CC(=O)N1CCN(c2ncnc3c(F)c(-c4ccccc4C(N)=O)c(Cl)cc23)CC1. The van der Waals surface area contributed by atoms with Crippen LogP contribution < -0.4 is 10.6 Å². The number of halogens is 2. The van der Waals surface area contributed by atoms with Gasteiger partial charge in [-0.3, -0.25) is 9.59 Å². The van der Waals surface area contributed by atoms with Crippen LogP contribution in [0.2, 0.25) is 5.02 Å². The van der Waals surface area contributed by atoms with Gasteiger partial charge in [0.15, 0.2) is 5.82 Å². The standard InChI is InChI=1S/C22H19ClFN5O2/c1-2-17(30)28-7-9-29(10-8-28)22-15-11-16(23)18(19(24)20(15)26-12-27-22)13-5-3-4-6-14(13)21(25)31/h2-6,11-12H,1,7-10H2,(H2,25,31). The fourth-order valence-electron chi connectivity index (χ4n) is 3.80. The molecule has 1 saturated heterocycles. The summed E-state index contributed by atoms with van der Waals surface area (Å²) in [6, 6.07) is 8.04. The maximum absolute atomic E-state index is 15.6. The van der Waals surface area contributed by atoms with Crippen LogP contribution in [0.15, 0.2) is 49.3 Å². The van der Waals surface area contributed by atoms with E-state index in [1.807, 2.05) is 4.90 Å². The van der Waals surface area contributed by atoms with Crippen LogP contribution >= 0.6 is 11.6 Å². The lowest BCUT2D eigenvalue weighted by Crippen LogP contribution is -2.48. The second-order valence-electron chi connectivity index (χ2n) is 7.07. The second-order valence-corrected chi connectivity index (χ2v) is 7.47. The Morgan fingerprint density at radius 1 is 1.16 bits per heavy atom. The molecule has 3 aromatic rings. The third kappa shape index (κ3) is 3.70. The summed E-state index contributed by atoms with van der Waals surface area (Å²) in [5, 5.41) is 0.573. The number of nitrogens with two attached hydrogens (primary N) is 1. The van der Waals surface area contributed by atoms with Crippen molar-refractivity contribution in [3.8, 4) is 11.1 Å². The van der Waals surface area contributed by atoms with Gasteiger partial charge in [-0.05, 0) is 23.8 Å². The second kappa shape index (κ2) is 8.31. The number of carbonyl (C=O) groups excluding carboxylic acids is 2. The third-order valence-corrected chi connectivity index (χ3v) is 5.63. The van der Waals surface area contributed by atoms with Gasteiger partial charge in [-0.15, -0.1) is 0 Å². The molecular formula is C22H19ClFN5O2. The summed E-state index contributed by atoms with van der Waals surface area (Å²) in [5.41, 5.74) is 6.08. The molecular weight excluding hydrogens is 421 g/mol. The zero-order valence-electron chi connectivity index (χ0n) is 16.5. The number of rotatable bonds is 4. The summed E-state index contributed by atoms with van der Waals surface area (Å²) in [4.78, 5) is 35.8. The molecule has 1 aliphatic rings. The van der Waals surface area contributed by atoms with Gasteiger partial charge in [0, 0.05) is 42.7 Å².